The monoisotopic (exact) mass is 965 g/mol. The highest BCUT2D eigenvalue weighted by atomic mass is 16.3. The van der Waals surface area contributed by atoms with Crippen molar-refractivity contribution in [3.63, 3.8) is 0 Å². The van der Waals surface area contributed by atoms with E-state index in [2.05, 4.69) is 264 Å². The van der Waals surface area contributed by atoms with E-state index in [0.717, 1.165) is 63.2 Å². The van der Waals surface area contributed by atoms with Crippen LogP contribution in [0.1, 0.15) is 103 Å². The van der Waals surface area contributed by atoms with Gasteiger partial charge in [0, 0.05) is 67.6 Å². The van der Waals surface area contributed by atoms with Crippen LogP contribution in [0, 0.1) is 0 Å². The van der Waals surface area contributed by atoms with Crippen molar-refractivity contribution in [3.8, 4) is 5.69 Å². The fraction of sp³-hybridized carbons (Fsp3) is 0.235. The van der Waals surface area contributed by atoms with Crippen molar-refractivity contribution in [2.45, 2.75) is 104 Å². The maximum atomic E-state index is 7.07. The molecule has 0 atom stereocenters. The average molecular weight is 965 g/mol. The van der Waals surface area contributed by atoms with Crippen LogP contribution in [0.25, 0.3) is 27.6 Å². The normalized spacial score (nSPS) is 14.3. The third-order valence-electron chi connectivity index (χ3n) is 16.2. The standard InChI is InChI=1S/C68H65BN4O/c1-66(2,3)44-31-35-49(36-32-44)70(50-37-33-45(34-38-50)67(4,5)6)51-39-40-55-58(43-51)73(57-29-20-27-53-52-25-17-19-30-61(52)74-64(53)57)60-42-46(68(7,8)9)41-59-62(60)69(55)65-63(71(59)47-21-12-10-13-22-47)54-26-16-18-28-56(54)72(65)48-23-14-11-15-24-48/h10-15,17,19-25,27,29-43H,16,18,26,28H2,1-9H3. The highest BCUT2D eigenvalue weighted by molar-refractivity contribution is 7.00. The van der Waals surface area contributed by atoms with Crippen LogP contribution in [0.4, 0.5) is 51.2 Å². The quantitative estimate of drug-likeness (QED) is 0.155. The first-order chi connectivity index (χ1) is 35.6. The van der Waals surface area contributed by atoms with Gasteiger partial charge in [0.25, 0.3) is 6.71 Å². The smallest absolute Gasteiger partial charge is 0.273 e. The lowest BCUT2D eigenvalue weighted by Crippen LogP contribution is -2.63. The lowest BCUT2D eigenvalue weighted by Gasteiger charge is -2.45. The van der Waals surface area contributed by atoms with Gasteiger partial charge in [-0.15, -0.1) is 0 Å². The van der Waals surface area contributed by atoms with Gasteiger partial charge in [-0.25, -0.2) is 0 Å². The molecule has 3 aliphatic rings. The summed E-state index contributed by atoms with van der Waals surface area (Å²) in [4.78, 5) is 7.68. The first-order valence-electron chi connectivity index (χ1n) is 26.8. The van der Waals surface area contributed by atoms with E-state index in [1.807, 2.05) is 0 Å². The van der Waals surface area contributed by atoms with Crippen molar-refractivity contribution in [3.05, 3.63) is 210 Å². The minimum absolute atomic E-state index is 0.0193. The predicted octanol–water partition coefficient (Wildman–Crippen LogP) is 16.7. The van der Waals surface area contributed by atoms with Gasteiger partial charge in [-0.1, -0.05) is 159 Å². The molecule has 0 amide bonds. The van der Waals surface area contributed by atoms with Gasteiger partial charge in [0.1, 0.15) is 5.58 Å². The summed E-state index contributed by atoms with van der Waals surface area (Å²) in [5, 5.41) is 2.23. The van der Waals surface area contributed by atoms with E-state index in [0.29, 0.717) is 0 Å². The number of para-hydroxylation sites is 4. The van der Waals surface area contributed by atoms with Crippen molar-refractivity contribution in [1.29, 1.82) is 0 Å². The highest BCUT2D eigenvalue weighted by Crippen LogP contribution is 2.51. The van der Waals surface area contributed by atoms with Crippen LogP contribution in [0.5, 0.6) is 0 Å². The van der Waals surface area contributed by atoms with E-state index < -0.39 is 0 Å². The molecule has 0 spiro atoms. The first-order valence-corrected chi connectivity index (χ1v) is 26.8. The molecule has 8 aromatic carbocycles. The third kappa shape index (κ3) is 7.35. The molecule has 0 saturated carbocycles. The Balaban J connectivity index is 1.16. The van der Waals surface area contributed by atoms with E-state index in [4.69, 9.17) is 4.42 Å². The Morgan fingerprint density at radius 3 is 1.65 bits per heavy atom. The van der Waals surface area contributed by atoms with Crippen LogP contribution in [0.15, 0.2) is 186 Å². The zero-order valence-corrected chi connectivity index (χ0v) is 44.4. The second-order valence-corrected chi connectivity index (χ2v) is 24.1. The number of rotatable bonds is 6. The number of aromatic nitrogens is 1. The molecule has 0 bridgehead atoms. The van der Waals surface area contributed by atoms with E-state index in [1.54, 1.807) is 0 Å². The Bertz CT molecular complexity index is 3730. The molecule has 10 aromatic rings. The molecule has 74 heavy (non-hydrogen) atoms. The largest absolute Gasteiger partial charge is 0.454 e. The molecule has 0 N–H and O–H groups in total. The molecular weight excluding hydrogens is 900 g/mol. The molecule has 0 saturated heterocycles. The van der Waals surface area contributed by atoms with Crippen LogP contribution >= 0.6 is 0 Å². The summed E-state index contributed by atoms with van der Waals surface area (Å²) < 4.78 is 9.75. The molecular formula is C68H65BN4O. The van der Waals surface area contributed by atoms with E-state index >= 15 is 0 Å². The highest BCUT2D eigenvalue weighted by Gasteiger charge is 2.49. The van der Waals surface area contributed by atoms with Crippen LogP contribution in [-0.2, 0) is 29.1 Å². The minimum Gasteiger partial charge on any atom is -0.454 e. The summed E-state index contributed by atoms with van der Waals surface area (Å²) in [6.07, 6.45) is 4.41. The van der Waals surface area contributed by atoms with E-state index in [1.165, 1.54) is 85.7 Å². The fourth-order valence-electron chi connectivity index (χ4n) is 12.4. The molecule has 13 rings (SSSR count). The van der Waals surface area contributed by atoms with Crippen molar-refractivity contribution >= 4 is 96.4 Å². The van der Waals surface area contributed by atoms with Crippen molar-refractivity contribution < 1.29 is 4.42 Å². The van der Waals surface area contributed by atoms with E-state index in [-0.39, 0.29) is 23.0 Å². The van der Waals surface area contributed by atoms with Crippen LogP contribution in [0.3, 0.4) is 0 Å². The Kier molecular flexibility index (Phi) is 10.5. The molecule has 4 heterocycles. The Morgan fingerprint density at radius 2 is 1.01 bits per heavy atom. The molecule has 2 aromatic heterocycles. The van der Waals surface area contributed by atoms with Gasteiger partial charge in [0.05, 0.1) is 11.4 Å². The lowest BCUT2D eigenvalue weighted by atomic mass is 9.34. The van der Waals surface area contributed by atoms with Crippen molar-refractivity contribution in [1.82, 2.24) is 4.57 Å². The van der Waals surface area contributed by atoms with Gasteiger partial charge in [-0.2, -0.15) is 0 Å². The summed E-state index contributed by atoms with van der Waals surface area (Å²) in [5.74, 6) is 0. The molecule has 0 fully saturated rings. The molecule has 1 aliphatic carbocycles. The number of hydrogen-bond donors (Lipinski definition) is 0. The summed E-state index contributed by atoms with van der Waals surface area (Å²) in [7, 11) is 0. The Morgan fingerprint density at radius 1 is 0.459 bits per heavy atom. The molecule has 5 nitrogen and oxygen atoms in total. The maximum Gasteiger partial charge on any atom is 0.273 e. The fourth-order valence-corrected chi connectivity index (χ4v) is 12.4. The number of anilines is 9. The van der Waals surface area contributed by atoms with Gasteiger partial charge >= 0.3 is 0 Å². The van der Waals surface area contributed by atoms with E-state index in [9.17, 15) is 0 Å². The molecule has 6 heteroatoms. The number of furan rings is 1. The predicted molar refractivity (Wildman–Crippen MR) is 314 cm³/mol. The van der Waals surface area contributed by atoms with Crippen LogP contribution in [-0.4, -0.2) is 11.3 Å². The zero-order chi connectivity index (χ0) is 50.8. The van der Waals surface area contributed by atoms with Crippen molar-refractivity contribution in [2.24, 2.45) is 0 Å². The molecule has 2 aliphatic heterocycles. The first kappa shape index (κ1) is 46.1. The van der Waals surface area contributed by atoms with Gasteiger partial charge in [0.2, 0.25) is 0 Å². The van der Waals surface area contributed by atoms with Gasteiger partial charge in [-0.3, -0.25) is 0 Å². The molecule has 0 radical (unpaired) electrons. The maximum absolute atomic E-state index is 7.07. The second-order valence-electron chi connectivity index (χ2n) is 24.1. The minimum atomic E-state index is -0.173. The summed E-state index contributed by atoms with van der Waals surface area (Å²) >= 11 is 0. The van der Waals surface area contributed by atoms with Crippen LogP contribution in [0.2, 0.25) is 0 Å². The number of benzene rings is 8. The van der Waals surface area contributed by atoms with Crippen LogP contribution < -0.4 is 31.2 Å². The zero-order valence-electron chi connectivity index (χ0n) is 44.4. The molecule has 366 valence electrons. The average Bonchev–Trinajstić information content (AvgIpc) is 3.95. The second kappa shape index (κ2) is 16.9. The summed E-state index contributed by atoms with van der Waals surface area (Å²) in [5.41, 5.74) is 24.0. The Labute approximate surface area is 437 Å². The number of fused-ring (bicyclic) bond motifs is 9. The Hall–Kier alpha value is -7.70. The SMILES string of the molecule is CC(C)(C)c1ccc(N(c2ccc(C(C)(C)C)cc2)c2ccc3c(c2)N(c2cccc4c2oc2ccccc24)c2cc(C(C)(C)C)cc4c2B3c2c(c3c(n2-c2ccccc2)CCCC3)N4c2ccccc2)cc1. The summed E-state index contributed by atoms with van der Waals surface area (Å²) in [6, 6.07) is 68.4. The number of hydrogen-bond acceptors (Lipinski definition) is 4. The van der Waals surface area contributed by atoms with Gasteiger partial charge in [-0.05, 0) is 160 Å². The lowest BCUT2D eigenvalue weighted by molar-refractivity contribution is 0.590. The van der Waals surface area contributed by atoms with Gasteiger partial charge in [0.15, 0.2) is 5.58 Å². The van der Waals surface area contributed by atoms with Gasteiger partial charge < -0.3 is 23.7 Å². The topological polar surface area (TPSA) is 27.8 Å². The third-order valence-corrected chi connectivity index (χ3v) is 16.2. The number of nitrogens with zero attached hydrogens (tertiary/aromatic N) is 4. The molecule has 0 unspecified atom stereocenters. The summed E-state index contributed by atoms with van der Waals surface area (Å²) in [6.45, 7) is 20.7. The van der Waals surface area contributed by atoms with Crippen molar-refractivity contribution in [2.75, 3.05) is 14.7 Å².